The third kappa shape index (κ3) is 3.36. The number of methoxy groups -OCH3 is 1. The van der Waals surface area contributed by atoms with Crippen LogP contribution in [0.1, 0.15) is 24.2 Å². The predicted molar refractivity (Wildman–Crippen MR) is 88.1 cm³/mol. The van der Waals surface area contributed by atoms with Crippen LogP contribution in [0.4, 0.5) is 0 Å². The van der Waals surface area contributed by atoms with Crippen molar-refractivity contribution < 1.29 is 47.5 Å². The number of aliphatic hydroxyl groups excluding tert-OH is 1. The summed E-state index contributed by atoms with van der Waals surface area (Å²) in [4.78, 5) is 0. The molecule has 0 radical (unpaired) electrons. The maximum absolute atomic E-state index is 10.6. The second-order valence-electron chi connectivity index (χ2n) is 6.06. The first-order valence-electron chi connectivity index (χ1n) is 8.16. The Balaban J connectivity index is 1.44. The summed E-state index contributed by atoms with van der Waals surface area (Å²) in [5, 5.41) is 14.0. The summed E-state index contributed by atoms with van der Waals surface area (Å²) in [6.45, 7) is 2.68. The Kier molecular flexibility index (Phi) is 4.96. The van der Waals surface area contributed by atoms with Crippen LogP contribution in [0.15, 0.2) is 30.3 Å². The minimum absolute atomic E-state index is 0.182. The van der Waals surface area contributed by atoms with Gasteiger partial charge < -0.3 is 4.74 Å². The van der Waals surface area contributed by atoms with Crippen LogP contribution < -0.4 is 47.7 Å². The van der Waals surface area contributed by atoms with E-state index in [4.69, 9.17) is 20.3 Å². The summed E-state index contributed by atoms with van der Waals surface area (Å²) in [5.74, 6) is 3.57. The van der Waals surface area contributed by atoms with Gasteiger partial charge in [-0.3, -0.25) is 0 Å². The zero-order valence-electron chi connectivity index (χ0n) is 14.3. The average molecular weight is 472 g/mol. The summed E-state index contributed by atoms with van der Waals surface area (Å²) >= 11 is -0.723. The van der Waals surface area contributed by atoms with Crippen molar-refractivity contribution in [2.24, 2.45) is 0 Å². The number of fused-ring (bicyclic) bond motifs is 2. The van der Waals surface area contributed by atoms with Crippen LogP contribution in [0.25, 0.3) is 0 Å². The van der Waals surface area contributed by atoms with Gasteiger partial charge in [0.05, 0.1) is 0 Å². The molecule has 0 spiro atoms. The van der Waals surface area contributed by atoms with E-state index in [2.05, 4.69) is 5.32 Å². The fourth-order valence-corrected chi connectivity index (χ4v) is 4.05. The van der Waals surface area contributed by atoms with E-state index in [0.717, 1.165) is 28.4 Å². The summed E-state index contributed by atoms with van der Waals surface area (Å²) in [6, 6.07) is 9.07. The molecule has 4 rings (SSSR count). The predicted octanol–water partition coefficient (Wildman–Crippen LogP) is -0.674. The molecule has 0 bridgehead atoms. The Labute approximate surface area is 162 Å². The Morgan fingerprint density at radius 1 is 1.12 bits per heavy atom. The van der Waals surface area contributed by atoms with Crippen LogP contribution in [-0.4, -0.2) is 25.1 Å². The molecule has 2 heterocycles. The van der Waals surface area contributed by atoms with Gasteiger partial charge in [-0.05, 0) is 0 Å². The van der Waals surface area contributed by atoms with E-state index < -0.39 is 28.1 Å². The second kappa shape index (κ2) is 7.37. The molecule has 2 unspecified atom stereocenters. The van der Waals surface area contributed by atoms with Crippen molar-refractivity contribution in [2.45, 2.75) is 25.6 Å². The van der Waals surface area contributed by atoms with Gasteiger partial charge in [0.25, 0.3) is 0 Å². The molecule has 2 atom stereocenters. The van der Waals surface area contributed by atoms with Gasteiger partial charge in [-0.25, -0.2) is 0 Å². The van der Waals surface area contributed by atoms with Gasteiger partial charge in [0.2, 0.25) is 6.79 Å². The monoisotopic (exact) mass is 472 g/mol. The van der Waals surface area contributed by atoms with E-state index in [-0.39, 0.29) is 12.8 Å². The summed E-state index contributed by atoms with van der Waals surface area (Å²) in [5.41, 5.74) is 1.72. The SMILES string of the molecule is COc1cc2c(cc1CNC(C)C(O)c1ccc3c(c1)OCO3)O[I-]O2. The molecular formula is C18H19INO6-. The summed E-state index contributed by atoms with van der Waals surface area (Å²) in [6.07, 6.45) is -0.685. The fraction of sp³-hybridized carbons (Fsp3) is 0.333. The standard InChI is InChI=1S/C18H19INO6/c1-10(18(21)11-3-4-13-15(5-11)24-9-23-13)20-8-12-6-16-17(26-19-25-16)7-14(12)22-2/h3-7,10,18,20-21H,8-9H2,1-2H3/q-1. The number of benzene rings is 2. The molecule has 2 aliphatic heterocycles. The Bertz CT molecular complexity index is 815. The normalized spacial score (nSPS) is 16.7. The van der Waals surface area contributed by atoms with Crippen molar-refractivity contribution >= 4 is 0 Å². The molecule has 2 N–H and O–H groups in total. The van der Waals surface area contributed by atoms with E-state index in [1.165, 1.54) is 0 Å². The van der Waals surface area contributed by atoms with Gasteiger partial charge in [0.15, 0.2) is 0 Å². The molecule has 0 aromatic heterocycles. The Hall–Kier alpha value is -1.91. The van der Waals surface area contributed by atoms with Crippen molar-refractivity contribution in [1.82, 2.24) is 5.32 Å². The average Bonchev–Trinajstić information content (AvgIpc) is 3.32. The third-order valence-electron chi connectivity index (χ3n) is 4.40. The first-order valence-corrected chi connectivity index (χ1v) is 9.92. The number of hydrogen-bond acceptors (Lipinski definition) is 7. The van der Waals surface area contributed by atoms with E-state index in [9.17, 15) is 5.11 Å². The molecule has 2 aliphatic rings. The molecular weight excluding hydrogens is 453 g/mol. The Morgan fingerprint density at radius 2 is 1.88 bits per heavy atom. The van der Waals surface area contributed by atoms with E-state index >= 15 is 0 Å². The van der Waals surface area contributed by atoms with Crippen molar-refractivity contribution in [3.05, 3.63) is 41.5 Å². The van der Waals surface area contributed by atoms with E-state index in [1.54, 1.807) is 7.11 Å². The van der Waals surface area contributed by atoms with E-state index in [0.29, 0.717) is 18.0 Å². The topological polar surface area (TPSA) is 78.4 Å². The molecule has 0 aliphatic carbocycles. The number of nitrogens with one attached hydrogen (secondary N) is 1. The molecule has 140 valence electrons. The summed E-state index contributed by atoms with van der Waals surface area (Å²) < 4.78 is 27.1. The van der Waals surface area contributed by atoms with Gasteiger partial charge in [0, 0.05) is 0 Å². The van der Waals surface area contributed by atoms with Crippen molar-refractivity contribution in [3.63, 3.8) is 0 Å². The number of aliphatic hydroxyl groups is 1. The molecule has 2 aromatic rings. The first kappa shape index (κ1) is 17.5. The molecule has 7 nitrogen and oxygen atoms in total. The zero-order chi connectivity index (χ0) is 18.1. The quantitative estimate of drug-likeness (QED) is 0.540. The van der Waals surface area contributed by atoms with Gasteiger partial charge in [-0.1, -0.05) is 0 Å². The fourth-order valence-electron chi connectivity index (χ4n) is 2.88. The van der Waals surface area contributed by atoms with Crippen molar-refractivity contribution in [2.75, 3.05) is 13.9 Å². The number of rotatable bonds is 6. The molecule has 26 heavy (non-hydrogen) atoms. The molecule has 8 heteroatoms. The van der Waals surface area contributed by atoms with Crippen LogP contribution in [0.3, 0.4) is 0 Å². The maximum atomic E-state index is 10.6. The third-order valence-corrected chi connectivity index (χ3v) is 5.71. The van der Waals surface area contributed by atoms with Crippen LogP contribution in [0.5, 0.6) is 28.7 Å². The molecule has 0 amide bonds. The summed E-state index contributed by atoms with van der Waals surface area (Å²) in [7, 11) is 1.63. The molecule has 2 aromatic carbocycles. The number of halogens is 1. The van der Waals surface area contributed by atoms with Gasteiger partial charge >= 0.3 is 151 Å². The van der Waals surface area contributed by atoms with Crippen LogP contribution >= 0.6 is 0 Å². The van der Waals surface area contributed by atoms with Crippen LogP contribution in [-0.2, 0) is 6.54 Å². The number of ether oxygens (including phenoxy) is 3. The zero-order valence-corrected chi connectivity index (χ0v) is 16.5. The minimum atomic E-state index is -0.723. The van der Waals surface area contributed by atoms with Crippen molar-refractivity contribution in [1.29, 1.82) is 0 Å². The van der Waals surface area contributed by atoms with Gasteiger partial charge in [-0.15, -0.1) is 0 Å². The Morgan fingerprint density at radius 3 is 2.69 bits per heavy atom. The van der Waals surface area contributed by atoms with Crippen LogP contribution in [0.2, 0.25) is 0 Å². The molecule has 0 saturated heterocycles. The number of hydrogen-bond donors (Lipinski definition) is 2. The van der Waals surface area contributed by atoms with Gasteiger partial charge in [-0.2, -0.15) is 0 Å². The van der Waals surface area contributed by atoms with Gasteiger partial charge in [0.1, 0.15) is 0 Å². The van der Waals surface area contributed by atoms with Crippen molar-refractivity contribution in [3.8, 4) is 28.7 Å². The van der Waals surface area contributed by atoms with E-state index in [1.807, 2.05) is 37.3 Å². The second-order valence-corrected chi connectivity index (χ2v) is 7.30. The molecule has 0 fully saturated rings. The first-order chi connectivity index (χ1) is 12.7. The van der Waals surface area contributed by atoms with Crippen LogP contribution in [0, 0.1) is 0 Å². The molecule has 0 saturated carbocycles.